The Morgan fingerprint density at radius 2 is 2.27 bits per heavy atom. The Bertz CT molecular complexity index is 282. The molecule has 1 N–H and O–H groups in total. The van der Waals surface area contributed by atoms with Gasteiger partial charge in [0.15, 0.2) is 0 Å². The van der Waals surface area contributed by atoms with Crippen LogP contribution in [0.1, 0.15) is 47.5 Å². The summed E-state index contributed by atoms with van der Waals surface area (Å²) in [4.78, 5) is 0. The van der Waals surface area contributed by atoms with Crippen molar-refractivity contribution >= 4 is 0 Å². The zero-order valence-corrected chi connectivity index (χ0v) is 10.7. The van der Waals surface area contributed by atoms with Crippen molar-refractivity contribution in [1.82, 2.24) is 0 Å². The van der Waals surface area contributed by atoms with Crippen molar-refractivity contribution in [3.8, 4) is 0 Å². The number of allylic oxidation sites excluding steroid dienone is 3. The number of rotatable bonds is 3. The molecule has 1 heteroatoms. The standard InChI is InChI=1S/C14H24O/c1-10(12(3)15)6-8-13-9-7-11(2)14(13,4)5/h6-7,12-13,15H,8-9H2,1-5H3/b10-6+. The van der Waals surface area contributed by atoms with Crippen LogP contribution in [0.3, 0.4) is 0 Å². The van der Waals surface area contributed by atoms with Crippen LogP contribution in [0.25, 0.3) is 0 Å². The van der Waals surface area contributed by atoms with E-state index in [1.54, 1.807) is 0 Å². The molecule has 2 atom stereocenters. The molecule has 1 rings (SSSR count). The molecule has 0 saturated heterocycles. The maximum Gasteiger partial charge on any atom is 0.0719 e. The molecule has 0 fully saturated rings. The van der Waals surface area contributed by atoms with E-state index in [1.807, 2.05) is 13.8 Å². The average molecular weight is 208 g/mol. The second-order valence-corrected chi connectivity index (χ2v) is 5.40. The molecule has 0 saturated carbocycles. The summed E-state index contributed by atoms with van der Waals surface area (Å²) >= 11 is 0. The van der Waals surface area contributed by atoms with Crippen molar-refractivity contribution in [2.45, 2.75) is 53.6 Å². The third-order valence-corrected chi connectivity index (χ3v) is 4.13. The minimum Gasteiger partial charge on any atom is -0.389 e. The third-order valence-electron chi connectivity index (χ3n) is 4.13. The minimum absolute atomic E-state index is 0.302. The summed E-state index contributed by atoms with van der Waals surface area (Å²) < 4.78 is 0. The number of hydrogen-bond donors (Lipinski definition) is 1. The second kappa shape index (κ2) is 4.52. The Labute approximate surface area is 93.9 Å². The summed E-state index contributed by atoms with van der Waals surface area (Å²) in [6, 6.07) is 0. The molecular formula is C14H24O. The van der Waals surface area contributed by atoms with Gasteiger partial charge in [-0.1, -0.05) is 31.6 Å². The fourth-order valence-corrected chi connectivity index (χ4v) is 2.09. The molecule has 0 radical (unpaired) electrons. The van der Waals surface area contributed by atoms with Crippen LogP contribution in [-0.4, -0.2) is 11.2 Å². The monoisotopic (exact) mass is 208 g/mol. The summed E-state index contributed by atoms with van der Waals surface area (Å²) in [5, 5.41) is 9.40. The molecule has 1 nitrogen and oxygen atoms in total. The molecule has 0 aromatic heterocycles. The molecular weight excluding hydrogens is 184 g/mol. The minimum atomic E-state index is -0.302. The van der Waals surface area contributed by atoms with Crippen molar-refractivity contribution in [3.05, 3.63) is 23.3 Å². The van der Waals surface area contributed by atoms with E-state index in [1.165, 1.54) is 12.0 Å². The average Bonchev–Trinajstić information content (AvgIpc) is 2.39. The first kappa shape index (κ1) is 12.5. The van der Waals surface area contributed by atoms with Gasteiger partial charge in [0.2, 0.25) is 0 Å². The fourth-order valence-electron chi connectivity index (χ4n) is 2.09. The molecule has 0 aliphatic heterocycles. The first-order chi connectivity index (χ1) is 6.85. The number of aliphatic hydroxyl groups is 1. The van der Waals surface area contributed by atoms with Gasteiger partial charge >= 0.3 is 0 Å². The Kier molecular flexibility index (Phi) is 3.77. The van der Waals surface area contributed by atoms with Crippen LogP contribution in [0.15, 0.2) is 23.3 Å². The van der Waals surface area contributed by atoms with Crippen LogP contribution < -0.4 is 0 Å². The smallest absolute Gasteiger partial charge is 0.0719 e. The van der Waals surface area contributed by atoms with E-state index >= 15 is 0 Å². The van der Waals surface area contributed by atoms with Crippen LogP contribution in [0.2, 0.25) is 0 Å². The van der Waals surface area contributed by atoms with Crippen molar-refractivity contribution in [2.75, 3.05) is 0 Å². The SMILES string of the molecule is CC1=CCC(C/C=C(\C)C(C)O)C1(C)C. The van der Waals surface area contributed by atoms with E-state index in [-0.39, 0.29) is 6.10 Å². The lowest BCUT2D eigenvalue weighted by Gasteiger charge is -2.29. The Morgan fingerprint density at radius 1 is 1.67 bits per heavy atom. The molecule has 1 aliphatic rings. The summed E-state index contributed by atoms with van der Waals surface area (Å²) in [6.45, 7) is 10.7. The van der Waals surface area contributed by atoms with Crippen molar-refractivity contribution in [3.63, 3.8) is 0 Å². The van der Waals surface area contributed by atoms with Gasteiger partial charge in [-0.2, -0.15) is 0 Å². The summed E-state index contributed by atoms with van der Waals surface area (Å²) in [5.74, 6) is 0.700. The van der Waals surface area contributed by atoms with Gasteiger partial charge in [0.05, 0.1) is 6.10 Å². The van der Waals surface area contributed by atoms with Gasteiger partial charge in [-0.25, -0.2) is 0 Å². The van der Waals surface area contributed by atoms with E-state index in [0.717, 1.165) is 12.0 Å². The molecule has 0 aromatic carbocycles. The molecule has 1 aliphatic carbocycles. The lowest BCUT2D eigenvalue weighted by Crippen LogP contribution is -2.20. The van der Waals surface area contributed by atoms with E-state index in [2.05, 4.69) is 32.9 Å². The predicted molar refractivity (Wildman–Crippen MR) is 65.7 cm³/mol. The van der Waals surface area contributed by atoms with Gasteiger partial charge in [0.1, 0.15) is 0 Å². The highest BCUT2D eigenvalue weighted by atomic mass is 16.3. The molecule has 15 heavy (non-hydrogen) atoms. The van der Waals surface area contributed by atoms with Crippen LogP contribution >= 0.6 is 0 Å². The maximum atomic E-state index is 9.40. The zero-order valence-electron chi connectivity index (χ0n) is 10.7. The molecule has 0 bridgehead atoms. The van der Waals surface area contributed by atoms with Gasteiger partial charge in [-0.3, -0.25) is 0 Å². The second-order valence-electron chi connectivity index (χ2n) is 5.40. The number of aliphatic hydroxyl groups excluding tert-OH is 1. The molecule has 0 amide bonds. The number of hydrogen-bond acceptors (Lipinski definition) is 1. The van der Waals surface area contributed by atoms with Gasteiger partial charge in [-0.05, 0) is 50.5 Å². The Balaban J connectivity index is 2.60. The van der Waals surface area contributed by atoms with Crippen LogP contribution in [0.5, 0.6) is 0 Å². The molecule has 0 heterocycles. The summed E-state index contributed by atoms with van der Waals surface area (Å²) in [6.07, 6.45) is 6.52. The van der Waals surface area contributed by atoms with Crippen molar-refractivity contribution in [2.24, 2.45) is 11.3 Å². The molecule has 86 valence electrons. The largest absolute Gasteiger partial charge is 0.389 e. The highest BCUT2D eigenvalue weighted by Gasteiger charge is 2.33. The van der Waals surface area contributed by atoms with Crippen molar-refractivity contribution in [1.29, 1.82) is 0 Å². The van der Waals surface area contributed by atoms with Gasteiger partial charge < -0.3 is 5.11 Å². The first-order valence-corrected chi connectivity index (χ1v) is 5.87. The van der Waals surface area contributed by atoms with Gasteiger partial charge in [0, 0.05) is 0 Å². The normalized spacial score (nSPS) is 27.7. The quantitative estimate of drug-likeness (QED) is 0.701. The first-order valence-electron chi connectivity index (χ1n) is 5.87. The van der Waals surface area contributed by atoms with Gasteiger partial charge in [0.25, 0.3) is 0 Å². The van der Waals surface area contributed by atoms with Crippen LogP contribution in [0, 0.1) is 11.3 Å². The van der Waals surface area contributed by atoms with Crippen LogP contribution in [-0.2, 0) is 0 Å². The summed E-state index contributed by atoms with van der Waals surface area (Å²) in [5.41, 5.74) is 2.93. The zero-order chi connectivity index (χ0) is 11.6. The van der Waals surface area contributed by atoms with Crippen molar-refractivity contribution < 1.29 is 5.11 Å². The highest BCUT2D eigenvalue weighted by molar-refractivity contribution is 5.19. The third kappa shape index (κ3) is 2.72. The van der Waals surface area contributed by atoms with E-state index < -0.39 is 0 Å². The lowest BCUT2D eigenvalue weighted by atomic mass is 9.76. The molecule has 2 unspecified atom stereocenters. The molecule has 0 aromatic rings. The van der Waals surface area contributed by atoms with E-state index in [4.69, 9.17) is 0 Å². The van der Waals surface area contributed by atoms with E-state index in [0.29, 0.717) is 11.3 Å². The van der Waals surface area contributed by atoms with Crippen LogP contribution in [0.4, 0.5) is 0 Å². The van der Waals surface area contributed by atoms with E-state index in [9.17, 15) is 5.11 Å². The lowest BCUT2D eigenvalue weighted by molar-refractivity contribution is 0.229. The fraction of sp³-hybridized carbons (Fsp3) is 0.714. The Hall–Kier alpha value is -0.560. The molecule has 0 spiro atoms. The summed E-state index contributed by atoms with van der Waals surface area (Å²) in [7, 11) is 0. The predicted octanol–water partition coefficient (Wildman–Crippen LogP) is 3.70. The highest BCUT2D eigenvalue weighted by Crippen LogP contribution is 2.44. The maximum absolute atomic E-state index is 9.40. The van der Waals surface area contributed by atoms with Gasteiger partial charge in [-0.15, -0.1) is 0 Å². The topological polar surface area (TPSA) is 20.2 Å². The Morgan fingerprint density at radius 3 is 2.67 bits per heavy atom.